The molecule has 11 nitrogen and oxygen atoms in total. The molecule has 1 heterocycles. The number of hydrogen-bond acceptors (Lipinski definition) is 10. The molecule has 0 aromatic carbocycles. The minimum atomic E-state index is -1.66. The normalized spacial score (nSPS) is 21.0. The van der Waals surface area contributed by atoms with E-state index in [2.05, 4.69) is 31.3 Å². The molecule has 11 heteroatoms. The molecule has 1 aliphatic heterocycles. The van der Waals surface area contributed by atoms with Gasteiger partial charge in [-0.2, -0.15) is 0 Å². The van der Waals surface area contributed by atoms with E-state index in [1.807, 2.05) is 0 Å². The lowest BCUT2D eigenvalue weighted by atomic mass is 9.98. The van der Waals surface area contributed by atoms with Gasteiger partial charge in [-0.25, -0.2) is 0 Å². The summed E-state index contributed by atoms with van der Waals surface area (Å²) in [5.74, 6) is -0.703. The summed E-state index contributed by atoms with van der Waals surface area (Å²) in [7, 11) is 0. The summed E-state index contributed by atoms with van der Waals surface area (Å²) in [6.45, 7) is 3.46. The van der Waals surface area contributed by atoms with Gasteiger partial charge in [-0.15, -0.1) is 0 Å². The highest BCUT2D eigenvalue weighted by Crippen LogP contribution is 2.23. The molecule has 0 aliphatic carbocycles. The van der Waals surface area contributed by atoms with Crippen LogP contribution in [0.3, 0.4) is 0 Å². The molecule has 0 saturated carbocycles. The van der Waals surface area contributed by atoms with Crippen LogP contribution in [0.4, 0.5) is 0 Å². The van der Waals surface area contributed by atoms with E-state index in [9.17, 15) is 40.5 Å². The molecule has 9 unspecified atom stereocenters. The number of allylic oxidation sites excluding steroid dienone is 2. The van der Waals surface area contributed by atoms with Crippen LogP contribution >= 0.6 is 0 Å². The second-order valence-corrected chi connectivity index (χ2v) is 19.3. The van der Waals surface area contributed by atoms with Gasteiger partial charge in [0.2, 0.25) is 5.91 Å². The zero-order chi connectivity index (χ0) is 46.9. The molecule has 0 bridgehead atoms. The Labute approximate surface area is 392 Å². The van der Waals surface area contributed by atoms with Crippen molar-refractivity contribution in [2.45, 2.75) is 306 Å². The Balaban J connectivity index is 2.36. The van der Waals surface area contributed by atoms with Gasteiger partial charge in [0.15, 0.2) is 6.29 Å². The molecule has 0 aromatic rings. The summed E-state index contributed by atoms with van der Waals surface area (Å²) in [6.07, 6.45) is 36.9. The fourth-order valence-electron chi connectivity index (χ4n) is 8.85. The molecule has 0 radical (unpaired) electrons. The van der Waals surface area contributed by atoms with Crippen molar-refractivity contribution in [2.75, 3.05) is 13.2 Å². The molecule has 1 amide bonds. The van der Waals surface area contributed by atoms with Crippen molar-refractivity contribution < 1.29 is 50.0 Å². The number of rotatable bonds is 46. The summed E-state index contributed by atoms with van der Waals surface area (Å²) in [6, 6.07) is -1.18. The fraction of sp³-hybridized carbons (Fsp3) is 0.943. The third-order valence-corrected chi connectivity index (χ3v) is 13.3. The van der Waals surface area contributed by atoms with Crippen LogP contribution in [-0.2, 0) is 14.3 Å². The monoisotopic (exact) mass is 914 g/mol. The van der Waals surface area contributed by atoms with E-state index in [1.54, 1.807) is 0 Å². The first-order valence-corrected chi connectivity index (χ1v) is 27.1. The van der Waals surface area contributed by atoms with E-state index < -0.39 is 74.2 Å². The van der Waals surface area contributed by atoms with Crippen molar-refractivity contribution in [1.82, 2.24) is 5.32 Å². The molecule has 8 N–H and O–H groups in total. The van der Waals surface area contributed by atoms with Crippen molar-refractivity contribution in [1.29, 1.82) is 0 Å². The predicted molar refractivity (Wildman–Crippen MR) is 261 cm³/mol. The van der Waals surface area contributed by atoms with Crippen molar-refractivity contribution in [3.8, 4) is 0 Å². The number of carbonyl (C=O) groups is 1. The molecule has 9 atom stereocenters. The standard InChI is InChI=1S/C53H103NO10/c1-3-5-7-9-11-13-15-17-19-20-21-22-23-24-25-27-28-30-32-34-36-38-40-45(56)48(58)44(43-63-53-51(61)50(60)49(59)47(42-55)64-53)54-52(62)46(57)41-39-37-35-33-31-29-26-18-16-14-12-10-8-6-4-2/h32,34,44-51,53,55-61H,3-31,33,35-43H2,1-2H3,(H,54,62)/b34-32+. The summed E-state index contributed by atoms with van der Waals surface area (Å²) >= 11 is 0. The van der Waals surface area contributed by atoms with Crippen LogP contribution in [0.25, 0.3) is 0 Å². The Morgan fingerprint density at radius 3 is 1.34 bits per heavy atom. The SMILES string of the molecule is CCCCCCCCCCCCCCCCCCC/C=C/CCCC(O)C(O)C(COC1OC(CO)C(O)C(O)C1O)NC(=O)C(O)CCCCCCCCCCCCCCCCC. The van der Waals surface area contributed by atoms with Gasteiger partial charge in [0.05, 0.1) is 25.4 Å². The van der Waals surface area contributed by atoms with Gasteiger partial charge < -0.3 is 50.5 Å². The Hall–Kier alpha value is -1.15. The maximum Gasteiger partial charge on any atom is 0.249 e. The molecule has 1 fully saturated rings. The van der Waals surface area contributed by atoms with Crippen LogP contribution in [-0.4, -0.2) is 110 Å². The maximum absolute atomic E-state index is 13.1. The number of aliphatic hydroxyl groups is 7. The van der Waals surface area contributed by atoms with Crippen molar-refractivity contribution in [2.24, 2.45) is 0 Å². The molecule has 64 heavy (non-hydrogen) atoms. The van der Waals surface area contributed by atoms with Crippen LogP contribution in [0, 0.1) is 0 Å². The smallest absolute Gasteiger partial charge is 0.249 e. The Bertz CT molecular complexity index is 1050. The van der Waals surface area contributed by atoms with Crippen molar-refractivity contribution in [3.63, 3.8) is 0 Å². The van der Waals surface area contributed by atoms with Gasteiger partial charge in [0.25, 0.3) is 0 Å². The van der Waals surface area contributed by atoms with Crippen LogP contribution in [0.2, 0.25) is 0 Å². The lowest BCUT2D eigenvalue weighted by molar-refractivity contribution is -0.303. The lowest BCUT2D eigenvalue weighted by Gasteiger charge is -2.40. The number of nitrogens with one attached hydrogen (secondary N) is 1. The predicted octanol–water partition coefficient (Wildman–Crippen LogP) is 10.4. The minimum Gasteiger partial charge on any atom is -0.394 e. The van der Waals surface area contributed by atoms with Gasteiger partial charge in [-0.1, -0.05) is 225 Å². The first-order valence-electron chi connectivity index (χ1n) is 27.1. The third kappa shape index (κ3) is 31.8. The molecular formula is C53H103NO10. The van der Waals surface area contributed by atoms with E-state index in [-0.39, 0.29) is 12.8 Å². The Morgan fingerprint density at radius 2 is 0.922 bits per heavy atom. The zero-order valence-corrected chi connectivity index (χ0v) is 41.3. The van der Waals surface area contributed by atoms with E-state index >= 15 is 0 Å². The van der Waals surface area contributed by atoms with Gasteiger partial charge in [0.1, 0.15) is 36.6 Å². The zero-order valence-electron chi connectivity index (χ0n) is 41.3. The third-order valence-electron chi connectivity index (χ3n) is 13.3. The molecule has 0 spiro atoms. The second-order valence-electron chi connectivity index (χ2n) is 19.3. The molecule has 0 aromatic heterocycles. The van der Waals surface area contributed by atoms with E-state index in [0.29, 0.717) is 12.8 Å². The maximum atomic E-state index is 13.1. The number of amides is 1. The molecule has 380 valence electrons. The summed E-state index contributed by atoms with van der Waals surface area (Å²) in [4.78, 5) is 13.1. The van der Waals surface area contributed by atoms with Gasteiger partial charge >= 0.3 is 0 Å². The largest absolute Gasteiger partial charge is 0.394 e. The first-order chi connectivity index (χ1) is 31.2. The second kappa shape index (κ2) is 43.2. The number of carbonyl (C=O) groups excluding carboxylic acids is 1. The molecule has 1 saturated heterocycles. The number of unbranched alkanes of at least 4 members (excludes halogenated alkanes) is 32. The summed E-state index contributed by atoms with van der Waals surface area (Å²) in [5, 5.41) is 75.9. The van der Waals surface area contributed by atoms with Gasteiger partial charge in [-0.05, 0) is 38.5 Å². The summed E-state index contributed by atoms with van der Waals surface area (Å²) < 4.78 is 11.1. The highest BCUT2D eigenvalue weighted by Gasteiger charge is 2.44. The number of hydrogen-bond donors (Lipinski definition) is 8. The van der Waals surface area contributed by atoms with Crippen molar-refractivity contribution in [3.05, 3.63) is 12.2 Å². The van der Waals surface area contributed by atoms with Crippen LogP contribution in [0.1, 0.15) is 251 Å². The average molecular weight is 914 g/mol. The average Bonchev–Trinajstić information content (AvgIpc) is 3.29. The number of aliphatic hydroxyl groups excluding tert-OH is 7. The lowest BCUT2D eigenvalue weighted by Crippen LogP contribution is -2.60. The van der Waals surface area contributed by atoms with E-state index in [0.717, 1.165) is 38.5 Å². The topological polar surface area (TPSA) is 189 Å². The molecular weight excluding hydrogens is 811 g/mol. The van der Waals surface area contributed by atoms with Crippen LogP contribution in [0.15, 0.2) is 12.2 Å². The van der Waals surface area contributed by atoms with E-state index in [4.69, 9.17) is 9.47 Å². The quantitative estimate of drug-likeness (QED) is 0.0216. The highest BCUT2D eigenvalue weighted by atomic mass is 16.7. The Kier molecular flexibility index (Phi) is 41.0. The molecule has 1 rings (SSSR count). The van der Waals surface area contributed by atoms with Crippen LogP contribution in [0.5, 0.6) is 0 Å². The highest BCUT2D eigenvalue weighted by molar-refractivity contribution is 5.80. The minimum absolute atomic E-state index is 0.259. The number of ether oxygens (including phenoxy) is 2. The molecule has 1 aliphatic rings. The first kappa shape index (κ1) is 60.9. The fourth-order valence-corrected chi connectivity index (χ4v) is 8.85. The van der Waals surface area contributed by atoms with E-state index in [1.165, 1.54) is 173 Å². The van der Waals surface area contributed by atoms with Crippen molar-refractivity contribution >= 4 is 5.91 Å². The van der Waals surface area contributed by atoms with Gasteiger partial charge in [-0.3, -0.25) is 4.79 Å². The Morgan fingerprint density at radius 1 is 0.531 bits per heavy atom. The van der Waals surface area contributed by atoms with Gasteiger partial charge in [0, 0.05) is 0 Å². The summed E-state index contributed by atoms with van der Waals surface area (Å²) in [5.41, 5.74) is 0. The van der Waals surface area contributed by atoms with Crippen LogP contribution < -0.4 is 5.32 Å².